The Kier molecular flexibility index (Phi) is 5.36. The summed E-state index contributed by atoms with van der Waals surface area (Å²) < 4.78 is 33.6. The zero-order chi connectivity index (χ0) is 16.2. The Morgan fingerprint density at radius 2 is 2.27 bits per heavy atom. The number of pyridine rings is 1. The molecule has 2 heterocycles. The molecule has 0 spiro atoms. The highest BCUT2D eigenvalue weighted by Crippen LogP contribution is 2.29. The Morgan fingerprint density at radius 3 is 2.86 bits per heavy atom. The van der Waals surface area contributed by atoms with E-state index in [9.17, 15) is 13.2 Å². The maximum Gasteiger partial charge on any atom is 0.235 e. The van der Waals surface area contributed by atoms with Crippen molar-refractivity contribution in [2.75, 3.05) is 25.2 Å². The molecule has 0 bridgehead atoms. The SMILES string of the molecule is CCS(=O)(=O)CC(=O)N[C@H]1CCO[C@@H]1c1ccc(OC)nc1. The van der Waals surface area contributed by atoms with Gasteiger partial charge in [0, 0.05) is 30.2 Å². The van der Waals surface area contributed by atoms with Crippen molar-refractivity contribution in [3.8, 4) is 5.88 Å². The maximum absolute atomic E-state index is 11.9. The van der Waals surface area contributed by atoms with Crippen LogP contribution in [0.25, 0.3) is 0 Å². The number of ether oxygens (including phenoxy) is 2. The van der Waals surface area contributed by atoms with E-state index >= 15 is 0 Å². The molecule has 1 aliphatic heterocycles. The van der Waals surface area contributed by atoms with E-state index in [1.165, 1.54) is 14.0 Å². The number of carbonyl (C=O) groups is 1. The van der Waals surface area contributed by atoms with Crippen molar-refractivity contribution in [2.45, 2.75) is 25.5 Å². The van der Waals surface area contributed by atoms with E-state index in [-0.39, 0.29) is 17.9 Å². The second kappa shape index (κ2) is 7.06. The summed E-state index contributed by atoms with van der Waals surface area (Å²) in [6, 6.07) is 3.29. The summed E-state index contributed by atoms with van der Waals surface area (Å²) in [6.45, 7) is 2.02. The number of hydrogen-bond donors (Lipinski definition) is 1. The second-order valence-corrected chi connectivity index (χ2v) is 7.42. The number of methoxy groups -OCH3 is 1. The largest absolute Gasteiger partial charge is 0.481 e. The first kappa shape index (κ1) is 16.7. The third-order valence-corrected chi connectivity index (χ3v) is 5.11. The van der Waals surface area contributed by atoms with Crippen LogP contribution >= 0.6 is 0 Å². The molecule has 1 fully saturated rings. The zero-order valence-electron chi connectivity index (χ0n) is 12.6. The molecule has 2 rings (SSSR count). The smallest absolute Gasteiger partial charge is 0.235 e. The number of nitrogens with one attached hydrogen (secondary N) is 1. The van der Waals surface area contributed by atoms with E-state index in [4.69, 9.17) is 9.47 Å². The number of nitrogens with zero attached hydrogens (tertiary/aromatic N) is 1. The molecule has 7 nitrogen and oxygen atoms in total. The molecule has 1 aliphatic rings. The zero-order valence-corrected chi connectivity index (χ0v) is 13.4. The Morgan fingerprint density at radius 1 is 1.50 bits per heavy atom. The summed E-state index contributed by atoms with van der Waals surface area (Å²) in [7, 11) is -1.80. The van der Waals surface area contributed by atoms with Gasteiger partial charge in [-0.3, -0.25) is 4.79 Å². The molecule has 2 atom stereocenters. The average molecular weight is 328 g/mol. The number of aromatic nitrogens is 1. The van der Waals surface area contributed by atoms with E-state index < -0.39 is 21.5 Å². The molecule has 1 saturated heterocycles. The van der Waals surface area contributed by atoms with Gasteiger partial charge in [0.1, 0.15) is 11.9 Å². The van der Waals surface area contributed by atoms with Crippen molar-refractivity contribution in [1.82, 2.24) is 10.3 Å². The highest BCUT2D eigenvalue weighted by molar-refractivity contribution is 7.92. The van der Waals surface area contributed by atoms with E-state index in [0.29, 0.717) is 18.9 Å². The van der Waals surface area contributed by atoms with Crippen LogP contribution in [0.4, 0.5) is 0 Å². The maximum atomic E-state index is 11.9. The van der Waals surface area contributed by atoms with E-state index in [2.05, 4.69) is 10.3 Å². The summed E-state index contributed by atoms with van der Waals surface area (Å²) in [5, 5.41) is 2.74. The fourth-order valence-electron chi connectivity index (χ4n) is 2.30. The molecule has 1 amide bonds. The van der Waals surface area contributed by atoms with Gasteiger partial charge in [0.15, 0.2) is 9.84 Å². The molecular weight excluding hydrogens is 308 g/mol. The lowest BCUT2D eigenvalue weighted by atomic mass is 10.0. The van der Waals surface area contributed by atoms with Crippen molar-refractivity contribution in [3.63, 3.8) is 0 Å². The van der Waals surface area contributed by atoms with Crippen molar-refractivity contribution in [1.29, 1.82) is 0 Å². The van der Waals surface area contributed by atoms with Crippen molar-refractivity contribution < 1.29 is 22.7 Å². The third-order valence-electron chi connectivity index (χ3n) is 3.53. The molecule has 0 aliphatic carbocycles. The summed E-state index contributed by atoms with van der Waals surface area (Å²) in [4.78, 5) is 16.0. The first-order valence-electron chi connectivity index (χ1n) is 7.06. The molecule has 1 aromatic heterocycles. The van der Waals surface area contributed by atoms with Crippen LogP contribution in [0, 0.1) is 0 Å². The molecule has 0 unspecified atom stereocenters. The highest BCUT2D eigenvalue weighted by atomic mass is 32.2. The molecule has 122 valence electrons. The van der Waals surface area contributed by atoms with E-state index in [1.807, 2.05) is 6.07 Å². The molecule has 1 aromatic rings. The van der Waals surface area contributed by atoms with Gasteiger partial charge in [-0.2, -0.15) is 0 Å². The van der Waals surface area contributed by atoms with Gasteiger partial charge in [0.2, 0.25) is 11.8 Å². The first-order valence-corrected chi connectivity index (χ1v) is 8.88. The lowest BCUT2D eigenvalue weighted by Gasteiger charge is -2.20. The van der Waals surface area contributed by atoms with E-state index in [1.54, 1.807) is 12.3 Å². The van der Waals surface area contributed by atoms with Gasteiger partial charge < -0.3 is 14.8 Å². The Balaban J connectivity index is 2.02. The number of carbonyl (C=O) groups excluding carboxylic acids is 1. The number of rotatable bonds is 6. The topological polar surface area (TPSA) is 94.6 Å². The van der Waals surface area contributed by atoms with Crippen LogP contribution < -0.4 is 10.1 Å². The second-order valence-electron chi connectivity index (χ2n) is 5.06. The third kappa shape index (κ3) is 4.17. The predicted octanol–water partition coefficient (Wildman–Crippen LogP) is 0.471. The predicted molar refractivity (Wildman–Crippen MR) is 80.4 cm³/mol. The quantitative estimate of drug-likeness (QED) is 0.816. The van der Waals surface area contributed by atoms with Crippen molar-refractivity contribution in [3.05, 3.63) is 23.9 Å². The summed E-state index contributed by atoms with van der Waals surface area (Å²) in [5.74, 6) is -0.540. The minimum absolute atomic E-state index is 0.0482. The van der Waals surface area contributed by atoms with Gasteiger partial charge >= 0.3 is 0 Å². The van der Waals surface area contributed by atoms with Gasteiger partial charge in [0.05, 0.1) is 13.2 Å². The number of amides is 1. The number of sulfone groups is 1. The summed E-state index contributed by atoms with van der Waals surface area (Å²) >= 11 is 0. The van der Waals surface area contributed by atoms with Crippen LogP contribution in [0.3, 0.4) is 0 Å². The molecule has 0 saturated carbocycles. The minimum Gasteiger partial charge on any atom is -0.481 e. The fraction of sp³-hybridized carbons (Fsp3) is 0.571. The van der Waals surface area contributed by atoms with Gasteiger partial charge in [-0.1, -0.05) is 6.92 Å². The molecule has 22 heavy (non-hydrogen) atoms. The molecule has 0 radical (unpaired) electrons. The van der Waals surface area contributed by atoms with Gasteiger partial charge in [-0.15, -0.1) is 0 Å². The first-order chi connectivity index (χ1) is 10.4. The molecule has 1 N–H and O–H groups in total. The Bertz CT molecular complexity index is 615. The van der Waals surface area contributed by atoms with E-state index in [0.717, 1.165) is 5.56 Å². The normalized spacial score (nSPS) is 21.5. The summed E-state index contributed by atoms with van der Waals surface area (Å²) in [6.07, 6.45) is 1.94. The summed E-state index contributed by atoms with van der Waals surface area (Å²) in [5.41, 5.74) is 0.821. The standard InChI is InChI=1S/C14H20N2O5S/c1-3-22(18,19)9-12(17)16-11-6-7-21-14(11)10-4-5-13(20-2)15-8-10/h4-5,8,11,14H,3,6-7,9H2,1-2H3,(H,16,17)/t11-,14+/m0/s1. The average Bonchev–Trinajstić information content (AvgIpc) is 2.94. The molecule has 8 heteroatoms. The van der Waals surface area contributed by atoms with Gasteiger partial charge in [-0.25, -0.2) is 13.4 Å². The van der Waals surface area contributed by atoms with Crippen LogP contribution in [0.5, 0.6) is 5.88 Å². The fourth-order valence-corrected chi connectivity index (χ4v) is 2.98. The minimum atomic E-state index is -3.33. The van der Waals surface area contributed by atoms with Crippen LogP contribution in [0.2, 0.25) is 0 Å². The van der Waals surface area contributed by atoms with Crippen LogP contribution in [-0.2, 0) is 19.4 Å². The van der Waals surface area contributed by atoms with Gasteiger partial charge in [0.25, 0.3) is 0 Å². The lowest BCUT2D eigenvalue weighted by Crippen LogP contribution is -2.40. The van der Waals surface area contributed by atoms with Crippen LogP contribution in [0.1, 0.15) is 25.0 Å². The van der Waals surface area contributed by atoms with Gasteiger partial charge in [-0.05, 0) is 12.5 Å². The van der Waals surface area contributed by atoms with Crippen LogP contribution in [0.15, 0.2) is 18.3 Å². The highest BCUT2D eigenvalue weighted by Gasteiger charge is 2.31. The monoisotopic (exact) mass is 328 g/mol. The Hall–Kier alpha value is -1.67. The van der Waals surface area contributed by atoms with Crippen LogP contribution in [-0.4, -0.2) is 50.6 Å². The Labute approximate surface area is 129 Å². The molecule has 0 aromatic carbocycles. The molecular formula is C14H20N2O5S. The van der Waals surface area contributed by atoms with Crippen molar-refractivity contribution >= 4 is 15.7 Å². The lowest BCUT2D eigenvalue weighted by molar-refractivity contribution is -0.119. The number of hydrogen-bond acceptors (Lipinski definition) is 6. The van der Waals surface area contributed by atoms with Crippen molar-refractivity contribution in [2.24, 2.45) is 0 Å².